The van der Waals surface area contributed by atoms with Crippen molar-refractivity contribution in [3.63, 3.8) is 0 Å². The number of nitrogens with one attached hydrogen (secondary N) is 1. The zero-order chi connectivity index (χ0) is 14.2. The molecule has 8 heteroatoms. The van der Waals surface area contributed by atoms with Crippen molar-refractivity contribution in [1.82, 2.24) is 0 Å². The lowest BCUT2D eigenvalue weighted by Gasteiger charge is -2.08. The minimum atomic E-state index is -3.73. The van der Waals surface area contributed by atoms with Gasteiger partial charge < -0.3 is 5.11 Å². The number of phenolic OH excluding ortho intramolecular Hbond substituents is 1. The molecule has 2 N–H and O–H groups in total. The number of benzene rings is 1. The molecular weight excluding hydrogens is 329 g/mol. The third-order valence-electron chi connectivity index (χ3n) is 2.30. The van der Waals surface area contributed by atoms with E-state index in [1.54, 1.807) is 6.92 Å². The first-order valence-electron chi connectivity index (χ1n) is 5.07. The predicted octanol–water partition coefficient (Wildman–Crippen LogP) is 3.87. The average molecular weight is 338 g/mol. The van der Waals surface area contributed by atoms with Gasteiger partial charge in [0.1, 0.15) is 9.96 Å². The number of hydrogen-bond donors (Lipinski definition) is 2. The monoisotopic (exact) mass is 337 g/mol. The van der Waals surface area contributed by atoms with Gasteiger partial charge in [0.05, 0.1) is 15.0 Å². The van der Waals surface area contributed by atoms with E-state index >= 15 is 0 Å². The lowest BCUT2D eigenvalue weighted by atomic mass is 10.3. The van der Waals surface area contributed by atoms with Crippen LogP contribution in [0.1, 0.15) is 5.56 Å². The highest BCUT2D eigenvalue weighted by Crippen LogP contribution is 2.33. The molecule has 2 rings (SSSR count). The molecule has 4 nitrogen and oxygen atoms in total. The van der Waals surface area contributed by atoms with Crippen LogP contribution < -0.4 is 4.72 Å². The number of halogens is 2. The number of anilines is 1. The van der Waals surface area contributed by atoms with Gasteiger partial charge in [-0.3, -0.25) is 4.72 Å². The van der Waals surface area contributed by atoms with Gasteiger partial charge in [-0.05, 0) is 30.7 Å². The molecule has 102 valence electrons. The predicted molar refractivity (Wildman–Crippen MR) is 78.0 cm³/mol. The molecule has 0 saturated heterocycles. The lowest BCUT2D eigenvalue weighted by molar-refractivity contribution is 0.475. The van der Waals surface area contributed by atoms with Crippen LogP contribution in [-0.2, 0) is 10.0 Å². The van der Waals surface area contributed by atoms with E-state index in [9.17, 15) is 13.5 Å². The molecule has 0 bridgehead atoms. The van der Waals surface area contributed by atoms with Crippen LogP contribution in [0.5, 0.6) is 5.75 Å². The average Bonchev–Trinajstić information content (AvgIpc) is 2.64. The second-order valence-corrected chi connectivity index (χ2v) is 7.76. The summed E-state index contributed by atoms with van der Waals surface area (Å²) in [5.41, 5.74) is 0.894. The van der Waals surface area contributed by atoms with Gasteiger partial charge >= 0.3 is 0 Å². The summed E-state index contributed by atoms with van der Waals surface area (Å²) in [7, 11) is -3.73. The van der Waals surface area contributed by atoms with Crippen molar-refractivity contribution in [3.8, 4) is 5.75 Å². The third kappa shape index (κ3) is 3.14. The fourth-order valence-corrected chi connectivity index (χ4v) is 4.41. The van der Waals surface area contributed by atoms with E-state index in [-0.39, 0.29) is 20.7 Å². The fraction of sp³-hybridized carbons (Fsp3) is 0.0909. The second kappa shape index (κ2) is 5.20. The number of thiophene rings is 1. The molecule has 0 saturated carbocycles. The van der Waals surface area contributed by atoms with Crippen molar-refractivity contribution in [2.45, 2.75) is 11.1 Å². The van der Waals surface area contributed by atoms with Gasteiger partial charge in [0.25, 0.3) is 10.0 Å². The third-order valence-corrected chi connectivity index (χ3v) is 6.00. The summed E-state index contributed by atoms with van der Waals surface area (Å²) in [6.07, 6.45) is 0. The van der Waals surface area contributed by atoms with Crippen molar-refractivity contribution >= 4 is 50.2 Å². The number of rotatable bonds is 3. The summed E-state index contributed by atoms with van der Waals surface area (Å²) < 4.78 is 27.1. The molecule has 0 radical (unpaired) electrons. The molecule has 19 heavy (non-hydrogen) atoms. The minimum Gasteiger partial charge on any atom is -0.508 e. The Balaban J connectivity index is 2.36. The normalized spacial score (nSPS) is 11.5. The summed E-state index contributed by atoms with van der Waals surface area (Å²) in [4.78, 5) is 0. The van der Waals surface area contributed by atoms with Crippen molar-refractivity contribution in [2.75, 3.05) is 4.72 Å². The Bertz CT molecular complexity index is 706. The first kappa shape index (κ1) is 14.5. The first-order chi connectivity index (χ1) is 8.79. The second-order valence-electron chi connectivity index (χ2n) is 3.79. The van der Waals surface area contributed by atoms with E-state index in [0.717, 1.165) is 11.3 Å². The summed E-state index contributed by atoms with van der Waals surface area (Å²) in [5.74, 6) is -0.0389. The van der Waals surface area contributed by atoms with Gasteiger partial charge in [0.2, 0.25) is 0 Å². The number of hydrogen-bond acceptors (Lipinski definition) is 4. The van der Waals surface area contributed by atoms with Crippen molar-refractivity contribution < 1.29 is 13.5 Å². The largest absolute Gasteiger partial charge is 0.508 e. The summed E-state index contributed by atoms with van der Waals surface area (Å²) >= 11 is 12.7. The van der Waals surface area contributed by atoms with Crippen LogP contribution in [0.2, 0.25) is 9.36 Å². The Morgan fingerprint density at radius 2 is 1.95 bits per heavy atom. The lowest BCUT2D eigenvalue weighted by Crippen LogP contribution is -2.11. The molecule has 0 fully saturated rings. The molecular formula is C11H9Cl2NO3S2. The Kier molecular flexibility index (Phi) is 3.96. The SMILES string of the molecule is Cc1cc(S(=O)(=O)Nc2ccc(O)cc2Cl)sc1Cl. The van der Waals surface area contributed by atoms with Crippen LogP contribution in [0.3, 0.4) is 0 Å². The molecule has 0 amide bonds. The number of phenols is 1. The molecule has 1 heterocycles. The molecule has 0 aliphatic heterocycles. The highest BCUT2D eigenvalue weighted by Gasteiger charge is 2.19. The molecule has 0 spiro atoms. The van der Waals surface area contributed by atoms with E-state index in [2.05, 4.69) is 4.72 Å². The Labute approximate surface area is 124 Å². The van der Waals surface area contributed by atoms with Crippen LogP contribution in [0.4, 0.5) is 5.69 Å². The fourth-order valence-electron chi connectivity index (χ4n) is 1.35. The van der Waals surface area contributed by atoms with Gasteiger partial charge in [-0.2, -0.15) is 0 Å². The Morgan fingerprint density at radius 1 is 1.26 bits per heavy atom. The summed E-state index contributed by atoms with van der Waals surface area (Å²) in [6.45, 7) is 1.73. The minimum absolute atomic E-state index is 0.0389. The number of sulfonamides is 1. The Hall–Kier alpha value is -0.950. The van der Waals surface area contributed by atoms with Crippen LogP contribution >= 0.6 is 34.5 Å². The highest BCUT2D eigenvalue weighted by molar-refractivity contribution is 7.94. The zero-order valence-corrected chi connectivity index (χ0v) is 12.8. The number of aryl methyl sites for hydroxylation is 1. The smallest absolute Gasteiger partial charge is 0.271 e. The maximum Gasteiger partial charge on any atom is 0.271 e. The maximum absolute atomic E-state index is 12.1. The van der Waals surface area contributed by atoms with Gasteiger partial charge in [-0.25, -0.2) is 8.42 Å². The van der Waals surface area contributed by atoms with Gasteiger partial charge in [0.15, 0.2) is 0 Å². The van der Waals surface area contributed by atoms with Crippen molar-refractivity contribution in [2.24, 2.45) is 0 Å². The van der Waals surface area contributed by atoms with Gasteiger partial charge in [-0.1, -0.05) is 23.2 Å². The topological polar surface area (TPSA) is 66.4 Å². The maximum atomic E-state index is 12.1. The van der Waals surface area contributed by atoms with Crippen LogP contribution in [0.25, 0.3) is 0 Å². The zero-order valence-electron chi connectivity index (χ0n) is 9.65. The molecule has 1 aromatic carbocycles. The van der Waals surface area contributed by atoms with Crippen LogP contribution in [0, 0.1) is 6.92 Å². The van der Waals surface area contributed by atoms with Crippen LogP contribution in [0.15, 0.2) is 28.5 Å². The molecule has 2 aromatic rings. The van der Waals surface area contributed by atoms with E-state index in [0.29, 0.717) is 9.90 Å². The molecule has 0 aliphatic carbocycles. The van der Waals surface area contributed by atoms with Gasteiger partial charge in [0, 0.05) is 6.07 Å². The molecule has 0 unspecified atom stereocenters. The molecule has 0 atom stereocenters. The standard InChI is InChI=1S/C11H9Cl2NO3S2/c1-6-4-10(18-11(6)13)19(16,17)14-9-3-2-7(15)5-8(9)12/h2-5,14-15H,1H3. The van der Waals surface area contributed by atoms with E-state index in [1.807, 2.05) is 0 Å². The quantitative estimate of drug-likeness (QED) is 0.835. The summed E-state index contributed by atoms with van der Waals surface area (Å²) in [6, 6.07) is 5.48. The van der Waals surface area contributed by atoms with E-state index < -0.39 is 10.0 Å². The molecule has 0 aliphatic rings. The first-order valence-corrected chi connectivity index (χ1v) is 8.12. The van der Waals surface area contributed by atoms with E-state index in [4.69, 9.17) is 23.2 Å². The molecule has 1 aromatic heterocycles. The van der Waals surface area contributed by atoms with Crippen molar-refractivity contribution in [1.29, 1.82) is 0 Å². The number of aromatic hydroxyl groups is 1. The highest BCUT2D eigenvalue weighted by atomic mass is 35.5. The summed E-state index contributed by atoms with van der Waals surface area (Å²) in [5, 5.41) is 9.33. The Morgan fingerprint density at radius 3 is 2.47 bits per heavy atom. The van der Waals surface area contributed by atoms with Gasteiger partial charge in [-0.15, -0.1) is 11.3 Å². The van der Waals surface area contributed by atoms with E-state index in [1.165, 1.54) is 24.3 Å². The van der Waals surface area contributed by atoms with Crippen molar-refractivity contribution in [3.05, 3.63) is 39.2 Å². The van der Waals surface area contributed by atoms with Crippen LogP contribution in [-0.4, -0.2) is 13.5 Å².